The molecule has 29 heavy (non-hydrogen) atoms. The van der Waals surface area contributed by atoms with E-state index >= 15 is 0 Å². The Balaban J connectivity index is 1.85. The van der Waals surface area contributed by atoms with Gasteiger partial charge in [0.2, 0.25) is 5.91 Å². The summed E-state index contributed by atoms with van der Waals surface area (Å²) in [6, 6.07) is 6.96. The summed E-state index contributed by atoms with van der Waals surface area (Å²) >= 11 is 1.40. The lowest BCUT2D eigenvalue weighted by atomic mass is 9.98. The van der Waals surface area contributed by atoms with Crippen LogP contribution in [0.5, 0.6) is 0 Å². The number of halogens is 1. The summed E-state index contributed by atoms with van der Waals surface area (Å²) in [5.41, 5.74) is 0.800. The summed E-state index contributed by atoms with van der Waals surface area (Å²) in [7, 11) is 4.12. The molecule has 1 aliphatic rings. The minimum atomic E-state index is -0.285. The quantitative estimate of drug-likeness (QED) is 0.730. The van der Waals surface area contributed by atoms with Crippen LogP contribution in [0.2, 0.25) is 0 Å². The van der Waals surface area contributed by atoms with Gasteiger partial charge < -0.3 is 9.80 Å². The summed E-state index contributed by atoms with van der Waals surface area (Å²) in [6.45, 7) is 6.33. The van der Waals surface area contributed by atoms with Crippen LogP contribution in [0.25, 0.3) is 5.69 Å². The summed E-state index contributed by atoms with van der Waals surface area (Å²) in [5, 5.41) is 9.44. The molecule has 0 unspecified atom stereocenters. The molecule has 1 aromatic carbocycles. The van der Waals surface area contributed by atoms with Crippen molar-refractivity contribution in [2.24, 2.45) is 0 Å². The number of thioether (sulfide) groups is 1. The van der Waals surface area contributed by atoms with Gasteiger partial charge in [-0.15, -0.1) is 10.2 Å². The second kappa shape index (κ2) is 9.26. The van der Waals surface area contributed by atoms with E-state index in [2.05, 4.69) is 45.1 Å². The van der Waals surface area contributed by atoms with Crippen molar-refractivity contribution in [1.82, 2.24) is 19.7 Å². The fraction of sp³-hybridized carbons (Fsp3) is 0.571. The van der Waals surface area contributed by atoms with Gasteiger partial charge in [-0.05, 0) is 64.3 Å². The SMILES string of the molecule is C[C@@H]1CCC[C@@H](C)N1C(=O)CSc1nnc([C@@H](C)[NH+](C)C)n1-c1ccc(F)cc1. The molecule has 0 saturated carbocycles. The molecule has 1 fully saturated rings. The van der Waals surface area contributed by atoms with E-state index in [1.165, 1.54) is 35.2 Å². The Kier molecular flexibility index (Phi) is 6.95. The number of quaternary nitrogens is 1. The number of nitrogens with one attached hydrogen (secondary N) is 1. The van der Waals surface area contributed by atoms with Gasteiger partial charge in [-0.1, -0.05) is 11.8 Å². The van der Waals surface area contributed by atoms with E-state index in [1.807, 2.05) is 9.47 Å². The van der Waals surface area contributed by atoms with Crippen LogP contribution in [-0.2, 0) is 4.79 Å². The average Bonchev–Trinajstić information content (AvgIpc) is 3.10. The molecule has 2 heterocycles. The summed E-state index contributed by atoms with van der Waals surface area (Å²) in [5.74, 6) is 0.964. The molecule has 3 rings (SSSR count). The number of nitrogens with zero attached hydrogens (tertiary/aromatic N) is 4. The maximum atomic E-state index is 13.4. The van der Waals surface area contributed by atoms with Crippen molar-refractivity contribution >= 4 is 17.7 Å². The van der Waals surface area contributed by atoms with Gasteiger partial charge in [0.15, 0.2) is 11.0 Å². The lowest BCUT2D eigenvalue weighted by molar-refractivity contribution is -0.890. The molecule has 6 nitrogen and oxygen atoms in total. The fourth-order valence-electron chi connectivity index (χ4n) is 3.86. The average molecular weight is 421 g/mol. The number of hydrogen-bond donors (Lipinski definition) is 1. The summed E-state index contributed by atoms with van der Waals surface area (Å²) < 4.78 is 15.4. The van der Waals surface area contributed by atoms with E-state index in [0.717, 1.165) is 24.4 Å². The molecule has 1 N–H and O–H groups in total. The van der Waals surface area contributed by atoms with Crippen LogP contribution < -0.4 is 4.90 Å². The first-order valence-corrected chi connectivity index (χ1v) is 11.2. The second-order valence-electron chi connectivity index (χ2n) is 8.17. The fourth-order valence-corrected chi connectivity index (χ4v) is 4.69. The summed E-state index contributed by atoms with van der Waals surface area (Å²) in [4.78, 5) is 16.2. The molecule has 0 radical (unpaired) electrons. The number of carbonyl (C=O) groups excluding carboxylic acids is 1. The number of rotatable bonds is 6. The number of likely N-dealkylation sites (tertiary alicyclic amines) is 1. The van der Waals surface area contributed by atoms with Gasteiger partial charge in [0, 0.05) is 17.8 Å². The normalized spacial score (nSPS) is 20.9. The molecule has 3 atom stereocenters. The highest BCUT2D eigenvalue weighted by atomic mass is 32.2. The maximum absolute atomic E-state index is 13.4. The van der Waals surface area contributed by atoms with Crippen LogP contribution in [0.4, 0.5) is 4.39 Å². The third kappa shape index (κ3) is 4.80. The van der Waals surface area contributed by atoms with Crippen molar-refractivity contribution in [1.29, 1.82) is 0 Å². The topological polar surface area (TPSA) is 55.5 Å². The van der Waals surface area contributed by atoms with Gasteiger partial charge in [-0.25, -0.2) is 4.39 Å². The number of benzene rings is 1. The highest BCUT2D eigenvalue weighted by Gasteiger charge is 2.30. The molecular weight excluding hydrogens is 389 g/mol. The van der Waals surface area contributed by atoms with Crippen LogP contribution in [0.15, 0.2) is 29.4 Å². The molecule has 1 aromatic heterocycles. The number of piperidine rings is 1. The Bertz CT molecular complexity index is 828. The lowest BCUT2D eigenvalue weighted by Gasteiger charge is -2.39. The van der Waals surface area contributed by atoms with Gasteiger partial charge in [-0.3, -0.25) is 9.36 Å². The van der Waals surface area contributed by atoms with Gasteiger partial charge in [-0.2, -0.15) is 0 Å². The highest BCUT2D eigenvalue weighted by molar-refractivity contribution is 7.99. The van der Waals surface area contributed by atoms with Crippen LogP contribution in [0.3, 0.4) is 0 Å². The van der Waals surface area contributed by atoms with Gasteiger partial charge >= 0.3 is 0 Å². The van der Waals surface area contributed by atoms with Crippen molar-refractivity contribution in [3.8, 4) is 5.69 Å². The smallest absolute Gasteiger partial charge is 0.233 e. The molecule has 0 spiro atoms. The number of aromatic nitrogens is 3. The van der Waals surface area contributed by atoms with Crippen LogP contribution in [0, 0.1) is 5.82 Å². The van der Waals surface area contributed by atoms with E-state index in [-0.39, 0.29) is 29.8 Å². The van der Waals surface area contributed by atoms with Crippen LogP contribution in [-0.4, -0.2) is 57.5 Å². The van der Waals surface area contributed by atoms with Crippen molar-refractivity contribution in [2.75, 3.05) is 19.8 Å². The van der Waals surface area contributed by atoms with Gasteiger partial charge in [0.05, 0.1) is 19.8 Å². The predicted molar refractivity (Wildman–Crippen MR) is 113 cm³/mol. The molecule has 1 saturated heterocycles. The zero-order chi connectivity index (χ0) is 21.1. The molecule has 8 heteroatoms. The monoisotopic (exact) mass is 420 g/mol. The number of hydrogen-bond acceptors (Lipinski definition) is 4. The lowest BCUT2D eigenvalue weighted by Crippen LogP contribution is -3.05. The zero-order valence-corrected chi connectivity index (χ0v) is 18.7. The third-order valence-electron chi connectivity index (χ3n) is 5.80. The van der Waals surface area contributed by atoms with Gasteiger partial charge in [0.1, 0.15) is 11.9 Å². The van der Waals surface area contributed by atoms with Crippen LogP contribution >= 0.6 is 11.8 Å². The molecule has 0 aliphatic carbocycles. The first kappa shape index (κ1) is 21.8. The largest absolute Gasteiger partial charge is 0.337 e. The van der Waals surface area contributed by atoms with E-state index in [9.17, 15) is 9.18 Å². The molecule has 158 valence electrons. The van der Waals surface area contributed by atoms with E-state index in [0.29, 0.717) is 10.9 Å². The van der Waals surface area contributed by atoms with Crippen molar-refractivity contribution < 1.29 is 14.1 Å². The molecule has 0 bridgehead atoms. The zero-order valence-electron chi connectivity index (χ0n) is 17.9. The minimum Gasteiger partial charge on any atom is -0.337 e. The first-order chi connectivity index (χ1) is 13.8. The Hall–Kier alpha value is -1.93. The predicted octanol–water partition coefficient (Wildman–Crippen LogP) is 2.49. The van der Waals surface area contributed by atoms with Crippen LogP contribution in [0.1, 0.15) is 51.9 Å². The summed E-state index contributed by atoms with van der Waals surface area (Å²) in [6.07, 6.45) is 3.28. The molecule has 1 amide bonds. The Morgan fingerprint density at radius 2 is 1.83 bits per heavy atom. The van der Waals surface area contributed by atoms with E-state index < -0.39 is 0 Å². The third-order valence-corrected chi connectivity index (χ3v) is 6.72. The second-order valence-corrected chi connectivity index (χ2v) is 9.11. The standard InChI is InChI=1S/C21H30FN5OS/c1-14-7-6-8-15(2)26(14)19(28)13-29-21-24-23-20(16(3)25(4)5)27(21)18-11-9-17(22)10-12-18/h9-12,14-16H,6-8,13H2,1-5H3/p+1/t14-,15-,16-/m1/s1. The molecule has 1 aliphatic heterocycles. The highest BCUT2D eigenvalue weighted by Crippen LogP contribution is 2.27. The first-order valence-electron chi connectivity index (χ1n) is 10.2. The molecular formula is C21H31FN5OS+. The Labute approximate surface area is 176 Å². The van der Waals surface area contributed by atoms with E-state index in [1.54, 1.807) is 12.1 Å². The van der Waals surface area contributed by atoms with E-state index in [4.69, 9.17) is 0 Å². The van der Waals surface area contributed by atoms with Crippen molar-refractivity contribution in [3.05, 3.63) is 35.9 Å². The van der Waals surface area contributed by atoms with Gasteiger partial charge in [0.25, 0.3) is 0 Å². The molecule has 2 aromatic rings. The van der Waals surface area contributed by atoms with Crippen molar-refractivity contribution in [3.63, 3.8) is 0 Å². The number of carbonyl (C=O) groups is 1. The number of amides is 1. The van der Waals surface area contributed by atoms with Crippen molar-refractivity contribution in [2.45, 2.75) is 63.3 Å². The maximum Gasteiger partial charge on any atom is 0.233 e. The minimum absolute atomic E-state index is 0.0970. The Morgan fingerprint density at radius 3 is 2.41 bits per heavy atom. The Morgan fingerprint density at radius 1 is 1.21 bits per heavy atom.